The summed E-state index contributed by atoms with van der Waals surface area (Å²) in [4.78, 5) is 41.2. The number of amides is 3. The van der Waals surface area contributed by atoms with Crippen molar-refractivity contribution in [3.63, 3.8) is 0 Å². The van der Waals surface area contributed by atoms with Crippen molar-refractivity contribution in [1.29, 1.82) is 0 Å². The molecular formula is C22H27N5O4S2. The maximum absolute atomic E-state index is 13.7. The Kier molecular flexibility index (Phi) is 7.23. The molecule has 176 valence electrons. The van der Waals surface area contributed by atoms with Crippen LogP contribution in [0, 0.1) is 6.92 Å². The summed E-state index contributed by atoms with van der Waals surface area (Å²) in [6.45, 7) is 7.66. The van der Waals surface area contributed by atoms with E-state index in [1.807, 2.05) is 38.3 Å². The number of hydrogen-bond donors (Lipinski definition) is 3. The standard InChI is InChI=1S/C22H27N5O4S2/c1-5-22(3,4)25-20(29)17(14-9-8-12(2)31-14)27(11-13-7-6-10-32-13)21(30)18-15(23)16(19(24)28)26-33-18/h6-10,17H,5,11,23H2,1-4H3,(H2,24,28)(H,25,29). The maximum Gasteiger partial charge on any atom is 0.270 e. The average Bonchev–Trinajstić information content (AvgIpc) is 3.48. The van der Waals surface area contributed by atoms with Gasteiger partial charge in [0.1, 0.15) is 16.4 Å². The Bertz CT molecular complexity index is 1150. The largest absolute Gasteiger partial charge is 0.464 e. The van der Waals surface area contributed by atoms with E-state index in [0.29, 0.717) is 17.9 Å². The summed E-state index contributed by atoms with van der Waals surface area (Å²) in [5, 5.41) is 4.90. The van der Waals surface area contributed by atoms with Crippen LogP contribution < -0.4 is 16.8 Å². The van der Waals surface area contributed by atoms with Crippen LogP contribution in [0.3, 0.4) is 0 Å². The highest BCUT2D eigenvalue weighted by Gasteiger charge is 2.38. The molecule has 0 aliphatic rings. The number of nitrogens with zero attached hydrogens (tertiary/aromatic N) is 2. The van der Waals surface area contributed by atoms with E-state index in [1.165, 1.54) is 16.2 Å². The first kappa shape index (κ1) is 24.5. The van der Waals surface area contributed by atoms with E-state index >= 15 is 0 Å². The van der Waals surface area contributed by atoms with Gasteiger partial charge in [-0.25, -0.2) is 0 Å². The number of carbonyl (C=O) groups is 3. The van der Waals surface area contributed by atoms with Crippen LogP contribution in [0.1, 0.15) is 69.8 Å². The molecule has 1 unspecified atom stereocenters. The zero-order valence-electron chi connectivity index (χ0n) is 18.9. The Labute approximate surface area is 199 Å². The van der Waals surface area contributed by atoms with Gasteiger partial charge in [0.05, 0.1) is 12.2 Å². The summed E-state index contributed by atoms with van der Waals surface area (Å²) < 4.78 is 9.75. The van der Waals surface area contributed by atoms with Crippen molar-refractivity contribution in [3.8, 4) is 0 Å². The zero-order valence-corrected chi connectivity index (χ0v) is 20.5. The molecular weight excluding hydrogens is 462 g/mol. The summed E-state index contributed by atoms with van der Waals surface area (Å²) in [7, 11) is 0. The second-order valence-electron chi connectivity index (χ2n) is 8.23. The molecule has 0 saturated carbocycles. The van der Waals surface area contributed by atoms with Crippen LogP contribution in [-0.4, -0.2) is 32.5 Å². The molecule has 3 heterocycles. The molecule has 0 saturated heterocycles. The molecule has 5 N–H and O–H groups in total. The lowest BCUT2D eigenvalue weighted by Gasteiger charge is -2.33. The molecule has 0 aliphatic carbocycles. The van der Waals surface area contributed by atoms with E-state index in [-0.39, 0.29) is 28.7 Å². The first-order valence-corrected chi connectivity index (χ1v) is 12.0. The molecule has 3 rings (SSSR count). The minimum Gasteiger partial charge on any atom is -0.464 e. The molecule has 9 nitrogen and oxygen atoms in total. The van der Waals surface area contributed by atoms with Crippen molar-refractivity contribution >= 4 is 46.3 Å². The topological polar surface area (TPSA) is 145 Å². The maximum atomic E-state index is 13.7. The van der Waals surface area contributed by atoms with Crippen LogP contribution in [0.5, 0.6) is 0 Å². The summed E-state index contributed by atoms with van der Waals surface area (Å²) in [6, 6.07) is 6.08. The molecule has 11 heteroatoms. The number of aryl methyl sites for hydroxylation is 1. The number of nitrogens with two attached hydrogens (primary N) is 2. The Morgan fingerprint density at radius 1 is 1.27 bits per heavy atom. The number of anilines is 1. The number of nitrogen functional groups attached to an aromatic ring is 1. The van der Waals surface area contributed by atoms with Crippen LogP contribution >= 0.6 is 22.9 Å². The lowest BCUT2D eigenvalue weighted by Crippen LogP contribution is -2.50. The molecule has 3 amide bonds. The third-order valence-corrected chi connectivity index (χ3v) is 6.97. The van der Waals surface area contributed by atoms with E-state index < -0.39 is 23.4 Å². The molecule has 0 radical (unpaired) electrons. The van der Waals surface area contributed by atoms with Crippen LogP contribution in [-0.2, 0) is 11.3 Å². The molecule has 0 aromatic carbocycles. The fourth-order valence-corrected chi connectivity index (χ4v) is 4.59. The predicted octanol–water partition coefficient (Wildman–Crippen LogP) is 3.48. The smallest absolute Gasteiger partial charge is 0.270 e. The first-order chi connectivity index (χ1) is 15.5. The third kappa shape index (κ3) is 5.42. The average molecular weight is 490 g/mol. The van der Waals surface area contributed by atoms with Crippen LogP contribution in [0.15, 0.2) is 34.1 Å². The third-order valence-electron chi connectivity index (χ3n) is 5.26. The van der Waals surface area contributed by atoms with Gasteiger partial charge in [-0.05, 0) is 62.3 Å². The highest BCUT2D eigenvalue weighted by molar-refractivity contribution is 7.10. The molecule has 33 heavy (non-hydrogen) atoms. The van der Waals surface area contributed by atoms with Gasteiger partial charge in [0.25, 0.3) is 17.7 Å². The minimum absolute atomic E-state index is 0.0381. The van der Waals surface area contributed by atoms with Gasteiger partial charge in [0, 0.05) is 10.4 Å². The van der Waals surface area contributed by atoms with Crippen molar-refractivity contribution in [3.05, 3.63) is 56.6 Å². The zero-order chi connectivity index (χ0) is 24.3. The highest BCUT2D eigenvalue weighted by Crippen LogP contribution is 2.32. The van der Waals surface area contributed by atoms with E-state index in [9.17, 15) is 14.4 Å². The van der Waals surface area contributed by atoms with Gasteiger partial charge in [0.15, 0.2) is 11.7 Å². The second kappa shape index (κ2) is 9.75. The van der Waals surface area contributed by atoms with Gasteiger partial charge in [0.2, 0.25) is 0 Å². The number of aromatic nitrogens is 1. The Morgan fingerprint density at radius 3 is 2.52 bits per heavy atom. The first-order valence-electron chi connectivity index (χ1n) is 10.3. The molecule has 3 aromatic rings. The fraction of sp³-hybridized carbons (Fsp3) is 0.364. The second-order valence-corrected chi connectivity index (χ2v) is 10.0. The molecule has 1 atom stereocenters. The summed E-state index contributed by atoms with van der Waals surface area (Å²) in [5.41, 5.74) is 10.6. The van der Waals surface area contributed by atoms with Crippen molar-refractivity contribution < 1.29 is 18.8 Å². The van der Waals surface area contributed by atoms with Crippen molar-refractivity contribution in [2.75, 3.05) is 5.73 Å². The lowest BCUT2D eigenvalue weighted by molar-refractivity contribution is -0.128. The van der Waals surface area contributed by atoms with Crippen LogP contribution in [0.2, 0.25) is 0 Å². The molecule has 3 aromatic heterocycles. The number of nitrogens with one attached hydrogen (secondary N) is 1. The highest BCUT2D eigenvalue weighted by atomic mass is 32.1. The van der Waals surface area contributed by atoms with E-state index in [2.05, 4.69) is 9.69 Å². The lowest BCUT2D eigenvalue weighted by atomic mass is 10.0. The normalized spacial score (nSPS) is 12.4. The minimum atomic E-state index is -1.07. The van der Waals surface area contributed by atoms with Gasteiger partial charge in [-0.15, -0.1) is 11.3 Å². The quantitative estimate of drug-likeness (QED) is 0.420. The number of hydrogen-bond acceptors (Lipinski definition) is 8. The van der Waals surface area contributed by atoms with Crippen molar-refractivity contribution in [2.24, 2.45) is 5.73 Å². The monoisotopic (exact) mass is 489 g/mol. The van der Waals surface area contributed by atoms with Gasteiger partial charge in [-0.1, -0.05) is 13.0 Å². The van der Waals surface area contributed by atoms with Gasteiger partial charge < -0.3 is 26.1 Å². The van der Waals surface area contributed by atoms with Crippen molar-refractivity contribution in [2.45, 2.75) is 52.2 Å². The van der Waals surface area contributed by atoms with E-state index in [4.69, 9.17) is 15.9 Å². The SMILES string of the molecule is CCC(C)(C)NC(=O)C(c1ccc(C)o1)N(Cc1cccs1)C(=O)c1snc(C(N)=O)c1N. The number of primary amides is 1. The van der Waals surface area contributed by atoms with Crippen LogP contribution in [0.4, 0.5) is 5.69 Å². The van der Waals surface area contributed by atoms with E-state index in [0.717, 1.165) is 16.4 Å². The van der Waals surface area contributed by atoms with E-state index in [1.54, 1.807) is 19.1 Å². The van der Waals surface area contributed by atoms with Crippen LogP contribution in [0.25, 0.3) is 0 Å². The molecule has 0 spiro atoms. The Hall–Kier alpha value is -3.18. The Balaban J connectivity index is 2.10. The molecule has 0 bridgehead atoms. The number of carbonyl (C=O) groups excluding carboxylic acids is 3. The summed E-state index contributed by atoms with van der Waals surface area (Å²) >= 11 is 2.23. The van der Waals surface area contributed by atoms with Gasteiger partial charge in [-0.2, -0.15) is 4.37 Å². The summed E-state index contributed by atoms with van der Waals surface area (Å²) in [5.74, 6) is -0.837. The number of rotatable bonds is 9. The molecule has 0 aliphatic heterocycles. The fourth-order valence-electron chi connectivity index (χ4n) is 3.13. The Morgan fingerprint density at radius 2 is 2.00 bits per heavy atom. The van der Waals surface area contributed by atoms with Gasteiger partial charge in [-0.3, -0.25) is 14.4 Å². The summed E-state index contributed by atoms with van der Waals surface area (Å²) in [6.07, 6.45) is 0.686. The number of thiophene rings is 1. The number of furan rings is 1. The molecule has 0 fully saturated rings. The van der Waals surface area contributed by atoms with Crippen molar-refractivity contribution in [1.82, 2.24) is 14.6 Å². The van der Waals surface area contributed by atoms with Gasteiger partial charge >= 0.3 is 0 Å². The predicted molar refractivity (Wildman–Crippen MR) is 128 cm³/mol.